The van der Waals surface area contributed by atoms with Crippen molar-refractivity contribution in [1.29, 1.82) is 0 Å². The lowest BCUT2D eigenvalue weighted by Gasteiger charge is -2.31. The van der Waals surface area contributed by atoms with E-state index in [1.807, 2.05) is 25.1 Å². The zero-order chi connectivity index (χ0) is 13.4. The Kier molecular flexibility index (Phi) is 3.56. The Balaban J connectivity index is 2.18. The number of hydrogen-bond donors (Lipinski definition) is 0. The summed E-state index contributed by atoms with van der Waals surface area (Å²) in [4.78, 5) is 4.60. The number of ether oxygens (including phenoxy) is 1. The number of fused-ring (bicyclic) bond motifs is 1. The predicted molar refractivity (Wildman–Crippen MR) is 77.8 cm³/mol. The monoisotopic (exact) mass is 299 g/mol. The highest BCUT2D eigenvalue weighted by atomic mass is 35.5. The summed E-state index contributed by atoms with van der Waals surface area (Å²) in [5, 5.41) is 2.69. The van der Waals surface area contributed by atoms with Gasteiger partial charge in [0.1, 0.15) is 11.3 Å². The van der Waals surface area contributed by atoms with Crippen LogP contribution in [0.25, 0.3) is 11.0 Å². The third-order valence-electron chi connectivity index (χ3n) is 3.26. The molecule has 0 spiro atoms. The average Bonchev–Trinajstić information content (AvgIpc) is 2.81. The quantitative estimate of drug-likeness (QED) is 0.799. The Bertz CT molecular complexity index is 591. The van der Waals surface area contributed by atoms with Crippen LogP contribution in [-0.4, -0.2) is 36.0 Å². The van der Waals surface area contributed by atoms with Gasteiger partial charge in [0.25, 0.3) is 0 Å². The number of nitrogens with zero attached hydrogens (tertiary/aromatic N) is 3. The molecule has 3 rings (SSSR count). The smallest absolute Gasteiger partial charge is 0.146 e. The summed E-state index contributed by atoms with van der Waals surface area (Å²) < 4.78 is 7.48. The van der Waals surface area contributed by atoms with Crippen molar-refractivity contribution in [1.82, 2.24) is 9.66 Å². The molecule has 0 bridgehead atoms. The van der Waals surface area contributed by atoms with Gasteiger partial charge in [-0.1, -0.05) is 17.7 Å². The molecule has 1 atom stereocenters. The molecule has 19 heavy (non-hydrogen) atoms. The van der Waals surface area contributed by atoms with Crippen molar-refractivity contribution >= 4 is 34.2 Å². The van der Waals surface area contributed by atoms with Crippen LogP contribution in [0, 0.1) is 0 Å². The van der Waals surface area contributed by atoms with Crippen LogP contribution >= 0.6 is 23.2 Å². The highest BCUT2D eigenvalue weighted by Gasteiger charge is 2.22. The fraction of sp³-hybridized carbons (Fsp3) is 0.462. The van der Waals surface area contributed by atoms with Crippen LogP contribution in [0.5, 0.6) is 0 Å². The second-order valence-corrected chi connectivity index (χ2v) is 5.63. The van der Waals surface area contributed by atoms with E-state index in [1.54, 1.807) is 0 Å². The number of imidazole rings is 1. The molecule has 0 aliphatic carbocycles. The first-order chi connectivity index (χ1) is 9.18. The van der Waals surface area contributed by atoms with Gasteiger partial charge >= 0.3 is 0 Å². The molecule has 1 aromatic carbocycles. The second kappa shape index (κ2) is 5.19. The van der Waals surface area contributed by atoms with Crippen molar-refractivity contribution in [3.8, 4) is 0 Å². The summed E-state index contributed by atoms with van der Waals surface area (Å²) >= 11 is 12.5. The van der Waals surface area contributed by atoms with Crippen molar-refractivity contribution in [2.75, 3.05) is 31.3 Å². The molecule has 4 nitrogen and oxygen atoms in total. The van der Waals surface area contributed by atoms with Crippen molar-refractivity contribution in [2.45, 2.75) is 12.3 Å². The summed E-state index contributed by atoms with van der Waals surface area (Å²) in [7, 11) is 0. The summed E-state index contributed by atoms with van der Waals surface area (Å²) in [6.45, 7) is 5.02. The number of hydrogen-bond acceptors (Lipinski definition) is 3. The predicted octanol–water partition coefficient (Wildman–Crippen LogP) is 2.96. The van der Waals surface area contributed by atoms with Gasteiger partial charge in [-0.15, -0.1) is 11.6 Å². The van der Waals surface area contributed by atoms with E-state index in [1.165, 1.54) is 0 Å². The molecule has 2 aromatic rings. The van der Waals surface area contributed by atoms with Crippen molar-refractivity contribution in [3.05, 3.63) is 29.0 Å². The molecule has 1 saturated heterocycles. The SMILES string of the molecule is CC(Cl)c1nc2c(Cl)cccc2n1N1CCOCC1. The molecule has 1 aliphatic rings. The second-order valence-electron chi connectivity index (χ2n) is 4.57. The van der Waals surface area contributed by atoms with Crippen LogP contribution in [0.15, 0.2) is 18.2 Å². The number of aromatic nitrogens is 2. The summed E-state index contributed by atoms with van der Waals surface area (Å²) in [5.74, 6) is 0.826. The van der Waals surface area contributed by atoms with E-state index in [0.717, 1.165) is 43.2 Å². The van der Waals surface area contributed by atoms with Gasteiger partial charge in [0.05, 0.1) is 42.2 Å². The maximum atomic E-state index is 6.27. The highest BCUT2D eigenvalue weighted by molar-refractivity contribution is 6.35. The van der Waals surface area contributed by atoms with Gasteiger partial charge in [-0.2, -0.15) is 0 Å². The molecular formula is C13H15Cl2N3O. The largest absolute Gasteiger partial charge is 0.378 e. The van der Waals surface area contributed by atoms with Crippen LogP contribution in [0.4, 0.5) is 0 Å². The van der Waals surface area contributed by atoms with Gasteiger partial charge in [0.15, 0.2) is 0 Å². The van der Waals surface area contributed by atoms with Gasteiger partial charge in [-0.05, 0) is 19.1 Å². The molecule has 0 radical (unpaired) electrons. The van der Waals surface area contributed by atoms with E-state index in [9.17, 15) is 0 Å². The Morgan fingerprint density at radius 1 is 1.32 bits per heavy atom. The van der Waals surface area contributed by atoms with E-state index in [2.05, 4.69) is 14.7 Å². The van der Waals surface area contributed by atoms with E-state index >= 15 is 0 Å². The summed E-state index contributed by atoms with van der Waals surface area (Å²) in [5.41, 5.74) is 1.80. The Morgan fingerprint density at radius 2 is 2.05 bits per heavy atom. The average molecular weight is 300 g/mol. The Morgan fingerprint density at radius 3 is 2.74 bits per heavy atom. The molecule has 1 aliphatic heterocycles. The summed E-state index contributed by atoms with van der Waals surface area (Å²) in [6, 6.07) is 5.81. The van der Waals surface area contributed by atoms with Crippen LogP contribution < -0.4 is 5.01 Å². The molecule has 1 fully saturated rings. The van der Waals surface area contributed by atoms with E-state index in [0.29, 0.717) is 5.02 Å². The van der Waals surface area contributed by atoms with Crippen LogP contribution in [0.2, 0.25) is 5.02 Å². The minimum Gasteiger partial charge on any atom is -0.378 e. The number of para-hydroxylation sites is 1. The summed E-state index contributed by atoms with van der Waals surface area (Å²) in [6.07, 6.45) is 0. The zero-order valence-electron chi connectivity index (χ0n) is 10.6. The lowest BCUT2D eigenvalue weighted by molar-refractivity contribution is 0.111. The van der Waals surface area contributed by atoms with Crippen LogP contribution in [0.3, 0.4) is 0 Å². The molecule has 2 heterocycles. The van der Waals surface area contributed by atoms with Gasteiger partial charge in [0.2, 0.25) is 0 Å². The van der Waals surface area contributed by atoms with Crippen LogP contribution in [0.1, 0.15) is 18.1 Å². The lowest BCUT2D eigenvalue weighted by atomic mass is 10.3. The highest BCUT2D eigenvalue weighted by Crippen LogP contribution is 2.29. The van der Waals surface area contributed by atoms with Crippen molar-refractivity contribution in [3.63, 3.8) is 0 Å². The first-order valence-corrected chi connectivity index (χ1v) is 7.14. The van der Waals surface area contributed by atoms with Gasteiger partial charge in [-0.25, -0.2) is 9.66 Å². The van der Waals surface area contributed by atoms with Crippen molar-refractivity contribution < 1.29 is 4.74 Å². The Labute approximate surface area is 121 Å². The van der Waals surface area contributed by atoms with E-state index in [-0.39, 0.29) is 5.38 Å². The minimum absolute atomic E-state index is 0.175. The molecule has 1 aromatic heterocycles. The number of morpholine rings is 1. The van der Waals surface area contributed by atoms with E-state index in [4.69, 9.17) is 27.9 Å². The molecule has 102 valence electrons. The fourth-order valence-corrected chi connectivity index (χ4v) is 2.73. The third kappa shape index (κ3) is 2.29. The topological polar surface area (TPSA) is 30.3 Å². The number of alkyl halides is 1. The first-order valence-electron chi connectivity index (χ1n) is 6.32. The maximum absolute atomic E-state index is 6.27. The molecule has 0 N–H and O–H groups in total. The van der Waals surface area contributed by atoms with Crippen molar-refractivity contribution in [2.24, 2.45) is 0 Å². The maximum Gasteiger partial charge on any atom is 0.146 e. The third-order valence-corrected chi connectivity index (χ3v) is 3.76. The number of benzene rings is 1. The molecule has 1 unspecified atom stereocenters. The molecule has 0 amide bonds. The molecular weight excluding hydrogens is 285 g/mol. The Hall–Kier alpha value is -0.970. The minimum atomic E-state index is -0.175. The first kappa shape index (κ1) is 13.0. The number of rotatable bonds is 2. The van der Waals surface area contributed by atoms with Gasteiger partial charge in [0, 0.05) is 0 Å². The van der Waals surface area contributed by atoms with Gasteiger partial charge in [-0.3, -0.25) is 0 Å². The zero-order valence-corrected chi connectivity index (χ0v) is 12.2. The molecule has 6 heteroatoms. The normalized spacial score (nSPS) is 17.9. The van der Waals surface area contributed by atoms with E-state index < -0.39 is 0 Å². The fourth-order valence-electron chi connectivity index (χ4n) is 2.38. The standard InChI is InChI=1S/C13H15Cl2N3O/c1-9(14)13-16-12-10(15)3-2-4-11(12)18(13)17-5-7-19-8-6-17/h2-4,9H,5-8H2,1H3. The number of halogens is 2. The van der Waals surface area contributed by atoms with Crippen LogP contribution in [-0.2, 0) is 4.74 Å². The van der Waals surface area contributed by atoms with Gasteiger partial charge < -0.3 is 9.75 Å². The molecule has 0 saturated carbocycles. The lowest BCUT2D eigenvalue weighted by Crippen LogP contribution is -2.44.